The lowest BCUT2D eigenvalue weighted by molar-refractivity contribution is -0.00631. The Morgan fingerprint density at radius 3 is 3.15 bits per heavy atom. The minimum Gasteiger partial charge on any atom is -0.472 e. The van der Waals surface area contributed by atoms with Crippen molar-refractivity contribution >= 4 is 5.90 Å². The third kappa shape index (κ3) is 0.918. The van der Waals surface area contributed by atoms with E-state index in [9.17, 15) is 0 Å². The largest absolute Gasteiger partial charge is 0.472 e. The van der Waals surface area contributed by atoms with Crippen molar-refractivity contribution in [2.24, 2.45) is 10.9 Å². The van der Waals surface area contributed by atoms with Crippen molar-refractivity contribution in [1.29, 1.82) is 0 Å². The number of hydrogen-bond acceptors (Lipinski definition) is 2. The molecule has 3 rings (SSSR count). The maximum atomic E-state index is 6.03. The van der Waals surface area contributed by atoms with Crippen LogP contribution in [0.1, 0.15) is 45.4 Å². The molecule has 0 saturated heterocycles. The van der Waals surface area contributed by atoms with E-state index in [1.807, 2.05) is 6.92 Å². The highest BCUT2D eigenvalue weighted by molar-refractivity contribution is 5.76. The summed E-state index contributed by atoms with van der Waals surface area (Å²) in [4.78, 5) is 4.62. The summed E-state index contributed by atoms with van der Waals surface area (Å²) < 4.78 is 6.03. The van der Waals surface area contributed by atoms with Gasteiger partial charge in [0.05, 0.1) is 6.04 Å². The first kappa shape index (κ1) is 7.84. The summed E-state index contributed by atoms with van der Waals surface area (Å²) in [6.07, 6.45) is 7.99. The zero-order valence-electron chi connectivity index (χ0n) is 8.25. The van der Waals surface area contributed by atoms with E-state index in [1.54, 1.807) is 0 Å². The van der Waals surface area contributed by atoms with Crippen LogP contribution in [0.2, 0.25) is 0 Å². The molecule has 0 radical (unpaired) electrons. The molecule has 3 aliphatic rings. The van der Waals surface area contributed by atoms with Crippen molar-refractivity contribution in [2.75, 3.05) is 0 Å². The highest BCUT2D eigenvalue weighted by atomic mass is 16.5. The van der Waals surface area contributed by atoms with Gasteiger partial charge in [0.1, 0.15) is 5.60 Å². The maximum Gasteiger partial charge on any atom is 0.181 e. The minimum atomic E-state index is 0.169. The van der Waals surface area contributed by atoms with Crippen LogP contribution in [0.15, 0.2) is 4.99 Å². The highest BCUT2D eigenvalue weighted by Gasteiger charge is 2.56. The Balaban J connectivity index is 1.94. The Morgan fingerprint density at radius 1 is 1.31 bits per heavy atom. The summed E-state index contributed by atoms with van der Waals surface area (Å²) in [6.45, 7) is 2.01. The third-order valence-electron chi connectivity index (χ3n) is 4.09. The Bertz CT molecular complexity index is 261. The second-order valence-electron chi connectivity index (χ2n) is 4.74. The molecule has 0 aromatic carbocycles. The van der Waals surface area contributed by atoms with E-state index < -0.39 is 0 Å². The first-order valence-corrected chi connectivity index (χ1v) is 5.55. The normalized spacial score (nSPS) is 47.9. The molecular formula is C11H17NO. The quantitative estimate of drug-likeness (QED) is 0.560. The van der Waals surface area contributed by atoms with Gasteiger partial charge < -0.3 is 4.74 Å². The zero-order valence-corrected chi connectivity index (χ0v) is 8.25. The van der Waals surface area contributed by atoms with Gasteiger partial charge >= 0.3 is 0 Å². The van der Waals surface area contributed by atoms with E-state index in [2.05, 4.69) is 4.99 Å². The van der Waals surface area contributed by atoms with Gasteiger partial charge in [-0.05, 0) is 32.1 Å². The van der Waals surface area contributed by atoms with E-state index in [4.69, 9.17) is 4.74 Å². The lowest BCUT2D eigenvalue weighted by atomic mass is 9.76. The van der Waals surface area contributed by atoms with Crippen LogP contribution in [0.5, 0.6) is 0 Å². The number of aliphatic imine (C=N–C) groups is 1. The van der Waals surface area contributed by atoms with E-state index in [0.29, 0.717) is 6.04 Å². The van der Waals surface area contributed by atoms with Crippen molar-refractivity contribution in [3.8, 4) is 0 Å². The van der Waals surface area contributed by atoms with Crippen molar-refractivity contribution < 1.29 is 4.74 Å². The monoisotopic (exact) mass is 179 g/mol. The van der Waals surface area contributed by atoms with Gasteiger partial charge in [-0.2, -0.15) is 0 Å². The van der Waals surface area contributed by atoms with Crippen LogP contribution in [0.3, 0.4) is 0 Å². The van der Waals surface area contributed by atoms with Crippen LogP contribution in [-0.4, -0.2) is 17.5 Å². The standard InChI is InChI=1S/C11H17NO/c1-8-12-10-6-5-9-4-2-3-7-11(9,10)13-8/h9-10H,2-7H2,1H3/t9-,10-,11+/m0/s1. The molecule has 1 spiro atoms. The fraction of sp³-hybridized carbons (Fsp3) is 0.909. The van der Waals surface area contributed by atoms with Gasteiger partial charge in [0.2, 0.25) is 0 Å². The molecule has 0 bridgehead atoms. The summed E-state index contributed by atoms with van der Waals surface area (Å²) in [5.41, 5.74) is 0.169. The topological polar surface area (TPSA) is 21.6 Å². The molecule has 0 amide bonds. The van der Waals surface area contributed by atoms with Crippen molar-refractivity contribution in [3.05, 3.63) is 0 Å². The van der Waals surface area contributed by atoms with Crippen LogP contribution >= 0.6 is 0 Å². The molecule has 1 aliphatic heterocycles. The molecule has 2 nitrogen and oxygen atoms in total. The minimum absolute atomic E-state index is 0.169. The summed E-state index contributed by atoms with van der Waals surface area (Å²) in [6, 6.07) is 0.512. The number of ether oxygens (including phenoxy) is 1. The summed E-state index contributed by atoms with van der Waals surface area (Å²) in [5, 5.41) is 0. The number of rotatable bonds is 0. The number of hydrogen-bond donors (Lipinski definition) is 0. The molecule has 2 aliphatic carbocycles. The molecular weight excluding hydrogens is 162 g/mol. The number of nitrogens with zero attached hydrogens (tertiary/aromatic N) is 1. The Labute approximate surface area is 79.4 Å². The Morgan fingerprint density at radius 2 is 2.23 bits per heavy atom. The first-order valence-electron chi connectivity index (χ1n) is 5.55. The molecule has 0 aromatic heterocycles. The van der Waals surface area contributed by atoms with E-state index >= 15 is 0 Å². The average molecular weight is 179 g/mol. The fourth-order valence-electron chi connectivity index (χ4n) is 3.57. The van der Waals surface area contributed by atoms with Crippen LogP contribution in [0.25, 0.3) is 0 Å². The first-order chi connectivity index (χ1) is 6.31. The van der Waals surface area contributed by atoms with Crippen LogP contribution in [0, 0.1) is 5.92 Å². The summed E-state index contributed by atoms with van der Waals surface area (Å²) in [7, 11) is 0. The highest BCUT2D eigenvalue weighted by Crippen LogP contribution is 2.51. The van der Waals surface area contributed by atoms with E-state index in [0.717, 1.165) is 11.8 Å². The molecule has 2 heteroatoms. The second-order valence-corrected chi connectivity index (χ2v) is 4.74. The van der Waals surface area contributed by atoms with Gasteiger partial charge in [-0.25, -0.2) is 4.99 Å². The molecule has 13 heavy (non-hydrogen) atoms. The van der Waals surface area contributed by atoms with Crippen LogP contribution in [0.4, 0.5) is 0 Å². The van der Waals surface area contributed by atoms with E-state index in [-0.39, 0.29) is 5.60 Å². The lowest BCUT2D eigenvalue weighted by Crippen LogP contribution is -2.44. The van der Waals surface area contributed by atoms with Gasteiger partial charge in [0, 0.05) is 12.8 Å². The lowest BCUT2D eigenvalue weighted by Gasteiger charge is -2.38. The molecule has 72 valence electrons. The molecule has 1 heterocycles. The predicted molar refractivity (Wildman–Crippen MR) is 51.9 cm³/mol. The molecule has 0 unspecified atom stereocenters. The van der Waals surface area contributed by atoms with Crippen LogP contribution < -0.4 is 0 Å². The SMILES string of the molecule is CC1=N[C@H]2CC[C@@H]3CCCC[C@@]32O1. The third-order valence-corrected chi connectivity index (χ3v) is 4.09. The van der Waals surface area contributed by atoms with Gasteiger partial charge in [-0.15, -0.1) is 0 Å². The predicted octanol–water partition coefficient (Wildman–Crippen LogP) is 2.53. The van der Waals surface area contributed by atoms with Crippen molar-refractivity contribution in [1.82, 2.24) is 0 Å². The van der Waals surface area contributed by atoms with Crippen LogP contribution in [-0.2, 0) is 4.74 Å². The summed E-state index contributed by atoms with van der Waals surface area (Å²) >= 11 is 0. The Hall–Kier alpha value is -0.530. The van der Waals surface area contributed by atoms with Gasteiger partial charge in [0.15, 0.2) is 5.90 Å². The smallest absolute Gasteiger partial charge is 0.181 e. The fourth-order valence-corrected chi connectivity index (χ4v) is 3.57. The molecule has 3 atom stereocenters. The zero-order chi connectivity index (χ0) is 8.89. The molecule has 0 N–H and O–H groups in total. The maximum absolute atomic E-state index is 6.03. The molecule has 2 fully saturated rings. The Kier molecular flexibility index (Phi) is 1.50. The van der Waals surface area contributed by atoms with E-state index in [1.165, 1.54) is 38.5 Å². The van der Waals surface area contributed by atoms with Gasteiger partial charge in [-0.3, -0.25) is 0 Å². The van der Waals surface area contributed by atoms with Crippen molar-refractivity contribution in [2.45, 2.75) is 57.1 Å². The van der Waals surface area contributed by atoms with Gasteiger partial charge in [0.25, 0.3) is 0 Å². The van der Waals surface area contributed by atoms with Crippen molar-refractivity contribution in [3.63, 3.8) is 0 Å². The average Bonchev–Trinajstić information content (AvgIpc) is 2.57. The molecule has 2 saturated carbocycles. The van der Waals surface area contributed by atoms with Gasteiger partial charge in [-0.1, -0.05) is 6.42 Å². The summed E-state index contributed by atoms with van der Waals surface area (Å²) in [5.74, 6) is 1.75. The second kappa shape index (κ2) is 2.49. The molecule has 0 aromatic rings.